The van der Waals surface area contributed by atoms with Crippen molar-refractivity contribution >= 4 is 34.0 Å². The molecule has 0 aromatic carbocycles. The summed E-state index contributed by atoms with van der Waals surface area (Å²) in [5, 5.41) is 4.75. The molecule has 2 aliphatic rings. The molecule has 4 nitrogen and oxygen atoms in total. The molecule has 21 heavy (non-hydrogen) atoms. The van der Waals surface area contributed by atoms with Crippen LogP contribution in [0.3, 0.4) is 0 Å². The Morgan fingerprint density at radius 2 is 2.05 bits per heavy atom. The van der Waals surface area contributed by atoms with E-state index in [1.54, 1.807) is 17.5 Å². The van der Waals surface area contributed by atoms with Crippen molar-refractivity contribution in [2.24, 2.45) is 0 Å². The van der Waals surface area contributed by atoms with Gasteiger partial charge in [0.05, 0.1) is 6.20 Å². The van der Waals surface area contributed by atoms with Gasteiger partial charge in [-0.15, -0.1) is 11.3 Å². The molecule has 1 N–H and O–H groups in total. The molecule has 1 amide bonds. The summed E-state index contributed by atoms with van der Waals surface area (Å²) in [6, 6.07) is 0.335. The molecule has 4 rings (SSSR count). The highest BCUT2D eigenvalue weighted by atomic mass is 32.2. The van der Waals surface area contributed by atoms with Crippen LogP contribution in [0.2, 0.25) is 0 Å². The van der Waals surface area contributed by atoms with Gasteiger partial charge in [0.1, 0.15) is 5.69 Å². The van der Waals surface area contributed by atoms with Crippen LogP contribution in [0.15, 0.2) is 6.20 Å². The van der Waals surface area contributed by atoms with Gasteiger partial charge in [0.25, 0.3) is 5.91 Å². The third-order valence-electron chi connectivity index (χ3n) is 4.68. The first-order valence-electron chi connectivity index (χ1n) is 7.51. The molecule has 2 aromatic heterocycles. The van der Waals surface area contributed by atoms with E-state index in [2.05, 4.69) is 35.9 Å². The zero-order valence-electron chi connectivity index (χ0n) is 12.3. The zero-order chi connectivity index (χ0) is 14.6. The van der Waals surface area contributed by atoms with Crippen molar-refractivity contribution in [3.8, 4) is 0 Å². The van der Waals surface area contributed by atoms with Gasteiger partial charge >= 0.3 is 0 Å². The molecule has 0 aliphatic carbocycles. The number of carbonyl (C=O) groups excluding carboxylic acids is 1. The first kappa shape index (κ1) is 13.6. The molecule has 2 aromatic rings. The van der Waals surface area contributed by atoms with Crippen molar-refractivity contribution in [2.45, 2.75) is 56.1 Å². The Morgan fingerprint density at radius 3 is 2.76 bits per heavy atom. The summed E-state index contributed by atoms with van der Waals surface area (Å²) in [6.07, 6.45) is 6.59. The van der Waals surface area contributed by atoms with Crippen LogP contribution >= 0.6 is 23.1 Å². The fourth-order valence-electron chi connectivity index (χ4n) is 3.49. The van der Waals surface area contributed by atoms with Gasteiger partial charge in [-0.1, -0.05) is 0 Å². The summed E-state index contributed by atoms with van der Waals surface area (Å²) >= 11 is 3.76. The molecule has 2 bridgehead atoms. The van der Waals surface area contributed by atoms with Crippen LogP contribution in [0.4, 0.5) is 0 Å². The number of carbonyl (C=O) groups is 1. The van der Waals surface area contributed by atoms with Crippen molar-refractivity contribution in [3.05, 3.63) is 22.5 Å². The lowest BCUT2D eigenvalue weighted by Gasteiger charge is -2.27. The molecule has 112 valence electrons. The van der Waals surface area contributed by atoms with E-state index in [4.69, 9.17) is 0 Å². The summed E-state index contributed by atoms with van der Waals surface area (Å²) in [4.78, 5) is 19.1. The smallest absolute Gasteiger partial charge is 0.270 e. The van der Waals surface area contributed by atoms with Crippen LogP contribution in [0.25, 0.3) is 4.96 Å². The summed E-state index contributed by atoms with van der Waals surface area (Å²) in [6.45, 7) is 4.13. The zero-order valence-corrected chi connectivity index (χ0v) is 13.9. The Hall–Kier alpha value is -1.01. The lowest BCUT2D eigenvalue weighted by Crippen LogP contribution is -2.40. The molecule has 0 spiro atoms. The Balaban J connectivity index is 1.56. The molecular weight excluding hydrogens is 302 g/mol. The predicted octanol–water partition coefficient (Wildman–Crippen LogP) is 3.17. The topological polar surface area (TPSA) is 46.4 Å². The molecule has 0 saturated carbocycles. The van der Waals surface area contributed by atoms with E-state index in [9.17, 15) is 4.79 Å². The second-order valence-electron chi connectivity index (χ2n) is 6.10. The number of nitrogens with zero attached hydrogens (tertiary/aromatic N) is 2. The van der Waals surface area contributed by atoms with Crippen molar-refractivity contribution < 1.29 is 4.79 Å². The Labute approximate surface area is 132 Å². The number of thiazole rings is 1. The quantitative estimate of drug-likeness (QED) is 0.924. The molecule has 2 saturated heterocycles. The minimum Gasteiger partial charge on any atom is -0.348 e. The first-order chi connectivity index (χ1) is 10.1. The number of thioether (sulfide) groups is 1. The van der Waals surface area contributed by atoms with E-state index < -0.39 is 0 Å². The van der Waals surface area contributed by atoms with Gasteiger partial charge in [0.15, 0.2) is 4.96 Å². The van der Waals surface area contributed by atoms with Gasteiger partial charge < -0.3 is 5.32 Å². The number of rotatable bonds is 2. The number of hydrogen-bond acceptors (Lipinski definition) is 4. The second-order valence-corrected chi connectivity index (χ2v) is 8.89. The molecule has 2 fully saturated rings. The minimum absolute atomic E-state index is 0.0275. The average molecular weight is 321 g/mol. The van der Waals surface area contributed by atoms with Gasteiger partial charge in [-0.25, -0.2) is 4.98 Å². The molecule has 6 heteroatoms. The van der Waals surface area contributed by atoms with E-state index in [0.717, 1.165) is 34.0 Å². The standard InChI is InChI=1S/C15H19N3OS2/c1-8-9(2)20-15-16-7-13(18(8)15)14(19)17-10-5-11-3-4-12(6-10)21-11/h7,10-12H,3-6H2,1-2H3,(H,17,19). The van der Waals surface area contributed by atoms with Crippen LogP contribution in [-0.4, -0.2) is 31.8 Å². The highest BCUT2D eigenvalue weighted by molar-refractivity contribution is 8.00. The van der Waals surface area contributed by atoms with Gasteiger partial charge in [0, 0.05) is 27.1 Å². The minimum atomic E-state index is 0.0275. The van der Waals surface area contributed by atoms with Gasteiger partial charge in [-0.2, -0.15) is 11.8 Å². The molecule has 2 atom stereocenters. The Kier molecular flexibility index (Phi) is 3.26. The molecule has 0 radical (unpaired) electrons. The van der Waals surface area contributed by atoms with Gasteiger partial charge in [-0.3, -0.25) is 9.20 Å². The normalized spacial score (nSPS) is 28.2. The number of amides is 1. The average Bonchev–Trinajstić information content (AvgIpc) is 3.08. The van der Waals surface area contributed by atoms with Crippen molar-refractivity contribution in [3.63, 3.8) is 0 Å². The van der Waals surface area contributed by atoms with Crippen molar-refractivity contribution in [2.75, 3.05) is 0 Å². The number of aromatic nitrogens is 2. The SMILES string of the molecule is Cc1sc2ncc(C(=O)NC3CC4CCC(C3)S4)n2c1C. The summed E-state index contributed by atoms with van der Waals surface area (Å²) < 4.78 is 1.99. The van der Waals surface area contributed by atoms with E-state index in [0.29, 0.717) is 11.7 Å². The summed E-state index contributed by atoms with van der Waals surface area (Å²) in [5.41, 5.74) is 1.80. The molecule has 2 aliphatic heterocycles. The second kappa shape index (κ2) is 5.02. The Morgan fingerprint density at radius 1 is 1.33 bits per heavy atom. The van der Waals surface area contributed by atoms with Crippen molar-refractivity contribution in [1.29, 1.82) is 0 Å². The molecule has 4 heterocycles. The Bertz CT molecular complexity index is 693. The van der Waals surface area contributed by atoms with E-state index >= 15 is 0 Å². The third-order valence-corrected chi connectivity index (χ3v) is 7.38. The van der Waals surface area contributed by atoms with Crippen molar-refractivity contribution in [1.82, 2.24) is 14.7 Å². The fourth-order valence-corrected chi connectivity index (χ4v) is 6.21. The van der Waals surface area contributed by atoms with Gasteiger partial charge in [-0.05, 0) is 39.5 Å². The maximum Gasteiger partial charge on any atom is 0.270 e. The lowest BCUT2D eigenvalue weighted by molar-refractivity contribution is 0.0927. The summed E-state index contributed by atoms with van der Waals surface area (Å²) in [7, 11) is 0. The number of fused-ring (bicyclic) bond motifs is 3. The lowest BCUT2D eigenvalue weighted by atomic mass is 10.1. The van der Waals surface area contributed by atoms with Crippen LogP contribution in [0.1, 0.15) is 46.7 Å². The largest absolute Gasteiger partial charge is 0.348 e. The van der Waals surface area contributed by atoms with Gasteiger partial charge in [0.2, 0.25) is 0 Å². The van der Waals surface area contributed by atoms with Crippen LogP contribution in [-0.2, 0) is 0 Å². The van der Waals surface area contributed by atoms with Crippen LogP contribution in [0.5, 0.6) is 0 Å². The molecule has 2 unspecified atom stereocenters. The number of aryl methyl sites for hydroxylation is 2. The van der Waals surface area contributed by atoms with E-state index in [1.165, 1.54) is 17.7 Å². The number of hydrogen-bond donors (Lipinski definition) is 1. The maximum absolute atomic E-state index is 12.6. The number of imidazole rings is 1. The van der Waals surface area contributed by atoms with E-state index in [-0.39, 0.29) is 5.91 Å². The number of nitrogens with one attached hydrogen (secondary N) is 1. The van der Waals surface area contributed by atoms with Crippen LogP contribution in [0, 0.1) is 13.8 Å². The third kappa shape index (κ3) is 2.28. The fraction of sp³-hybridized carbons (Fsp3) is 0.600. The summed E-state index contributed by atoms with van der Waals surface area (Å²) in [5.74, 6) is 0.0275. The monoisotopic (exact) mass is 321 g/mol. The highest BCUT2D eigenvalue weighted by Gasteiger charge is 2.35. The highest BCUT2D eigenvalue weighted by Crippen LogP contribution is 2.43. The van der Waals surface area contributed by atoms with Crippen LogP contribution < -0.4 is 5.32 Å². The molecular formula is C15H19N3OS2. The predicted molar refractivity (Wildman–Crippen MR) is 87.4 cm³/mol. The maximum atomic E-state index is 12.6. The van der Waals surface area contributed by atoms with E-state index in [1.807, 2.05) is 4.40 Å². The first-order valence-corrected chi connectivity index (χ1v) is 9.27.